The molecule has 1 aliphatic carbocycles. The summed E-state index contributed by atoms with van der Waals surface area (Å²) in [5, 5.41) is 13.2. The van der Waals surface area contributed by atoms with Crippen LogP contribution in [0.3, 0.4) is 0 Å². The van der Waals surface area contributed by atoms with E-state index in [0.29, 0.717) is 12.5 Å². The van der Waals surface area contributed by atoms with Crippen LogP contribution in [0.4, 0.5) is 5.82 Å². The summed E-state index contributed by atoms with van der Waals surface area (Å²) in [6.45, 7) is 4.61. The highest BCUT2D eigenvalue weighted by atomic mass is 16.5. The SMILES string of the molecule is CCOc1ncnc(NC2(CO)CCCCC2)c1C. The zero-order chi connectivity index (χ0) is 13.7. The third kappa shape index (κ3) is 3.15. The van der Waals surface area contributed by atoms with Crippen molar-refractivity contribution in [3.8, 4) is 5.88 Å². The molecule has 0 bridgehead atoms. The van der Waals surface area contributed by atoms with Crippen molar-refractivity contribution >= 4 is 5.82 Å². The van der Waals surface area contributed by atoms with Crippen molar-refractivity contribution in [1.29, 1.82) is 0 Å². The molecule has 1 saturated carbocycles. The van der Waals surface area contributed by atoms with E-state index < -0.39 is 0 Å². The van der Waals surface area contributed by atoms with E-state index in [1.807, 2.05) is 13.8 Å². The average molecular weight is 265 g/mol. The lowest BCUT2D eigenvalue weighted by Crippen LogP contribution is -2.44. The lowest BCUT2D eigenvalue weighted by atomic mass is 9.82. The fraction of sp³-hybridized carbons (Fsp3) is 0.714. The second kappa shape index (κ2) is 6.19. The van der Waals surface area contributed by atoms with Gasteiger partial charge in [-0.2, -0.15) is 0 Å². The maximum atomic E-state index is 9.73. The third-order valence-corrected chi connectivity index (χ3v) is 3.82. The molecule has 1 aromatic rings. The average Bonchev–Trinajstić information content (AvgIpc) is 2.45. The summed E-state index contributed by atoms with van der Waals surface area (Å²) in [5.41, 5.74) is 0.670. The number of aliphatic hydroxyl groups excluding tert-OH is 1. The zero-order valence-electron chi connectivity index (χ0n) is 11.8. The first kappa shape index (κ1) is 14.1. The molecule has 0 saturated heterocycles. The Labute approximate surface area is 114 Å². The van der Waals surface area contributed by atoms with E-state index in [1.54, 1.807) is 0 Å². The lowest BCUT2D eigenvalue weighted by Gasteiger charge is -2.37. The molecule has 1 fully saturated rings. The summed E-state index contributed by atoms with van der Waals surface area (Å²) in [7, 11) is 0. The number of anilines is 1. The van der Waals surface area contributed by atoms with Crippen LogP contribution in [0.25, 0.3) is 0 Å². The van der Waals surface area contributed by atoms with Crippen LogP contribution in [0.5, 0.6) is 5.88 Å². The van der Waals surface area contributed by atoms with E-state index in [4.69, 9.17) is 4.74 Å². The zero-order valence-corrected chi connectivity index (χ0v) is 11.8. The Bertz CT molecular complexity index is 417. The summed E-state index contributed by atoms with van der Waals surface area (Å²) in [5.74, 6) is 1.39. The van der Waals surface area contributed by atoms with Crippen molar-refractivity contribution in [2.45, 2.75) is 51.5 Å². The minimum Gasteiger partial charge on any atom is -0.478 e. The maximum absolute atomic E-state index is 9.73. The van der Waals surface area contributed by atoms with Gasteiger partial charge in [0, 0.05) is 0 Å². The highest BCUT2D eigenvalue weighted by Crippen LogP contribution is 2.32. The van der Waals surface area contributed by atoms with E-state index in [1.165, 1.54) is 12.7 Å². The number of aliphatic hydroxyl groups is 1. The number of rotatable bonds is 5. The Hall–Kier alpha value is -1.36. The quantitative estimate of drug-likeness (QED) is 0.855. The maximum Gasteiger partial charge on any atom is 0.221 e. The molecule has 1 aliphatic rings. The molecule has 19 heavy (non-hydrogen) atoms. The van der Waals surface area contributed by atoms with E-state index >= 15 is 0 Å². The minimum absolute atomic E-state index is 0.139. The first-order valence-electron chi connectivity index (χ1n) is 7.04. The molecule has 0 spiro atoms. The molecule has 0 aromatic carbocycles. The highest BCUT2D eigenvalue weighted by Gasteiger charge is 2.32. The number of ether oxygens (including phenoxy) is 1. The van der Waals surface area contributed by atoms with Gasteiger partial charge >= 0.3 is 0 Å². The van der Waals surface area contributed by atoms with Crippen LogP contribution in [0.2, 0.25) is 0 Å². The van der Waals surface area contributed by atoms with Crippen LogP contribution < -0.4 is 10.1 Å². The van der Waals surface area contributed by atoms with E-state index in [0.717, 1.165) is 37.1 Å². The molecule has 2 N–H and O–H groups in total. The molecule has 2 rings (SSSR count). The Morgan fingerprint density at radius 3 is 2.68 bits per heavy atom. The second-order valence-corrected chi connectivity index (χ2v) is 5.21. The molecule has 0 amide bonds. The van der Waals surface area contributed by atoms with Crippen molar-refractivity contribution in [3.63, 3.8) is 0 Å². The van der Waals surface area contributed by atoms with Crippen molar-refractivity contribution < 1.29 is 9.84 Å². The van der Waals surface area contributed by atoms with Crippen LogP contribution in [0, 0.1) is 6.92 Å². The molecule has 106 valence electrons. The van der Waals surface area contributed by atoms with Gasteiger partial charge in [-0.3, -0.25) is 0 Å². The Morgan fingerprint density at radius 2 is 2.05 bits per heavy atom. The summed E-state index contributed by atoms with van der Waals surface area (Å²) in [6, 6.07) is 0. The van der Waals surface area contributed by atoms with Crippen LogP contribution in [-0.4, -0.2) is 33.8 Å². The third-order valence-electron chi connectivity index (χ3n) is 3.82. The van der Waals surface area contributed by atoms with Crippen molar-refractivity contribution in [1.82, 2.24) is 9.97 Å². The van der Waals surface area contributed by atoms with Gasteiger partial charge in [-0.05, 0) is 26.7 Å². The number of aromatic nitrogens is 2. The number of nitrogens with zero attached hydrogens (tertiary/aromatic N) is 2. The number of hydrogen-bond acceptors (Lipinski definition) is 5. The van der Waals surface area contributed by atoms with Gasteiger partial charge in [-0.25, -0.2) is 9.97 Å². The summed E-state index contributed by atoms with van der Waals surface area (Å²) in [6.07, 6.45) is 7.02. The van der Waals surface area contributed by atoms with Crippen LogP contribution in [-0.2, 0) is 0 Å². The molecule has 5 heteroatoms. The van der Waals surface area contributed by atoms with Gasteiger partial charge in [0.05, 0.1) is 24.3 Å². The fourth-order valence-electron chi connectivity index (χ4n) is 2.64. The Morgan fingerprint density at radius 1 is 1.32 bits per heavy atom. The molecule has 1 aromatic heterocycles. The standard InChI is InChI=1S/C14H23N3O2/c1-3-19-13-11(2)12(15-10-16-13)17-14(9-18)7-5-4-6-8-14/h10,18H,3-9H2,1-2H3,(H,15,16,17). The normalized spacial score (nSPS) is 18.1. The fourth-order valence-corrected chi connectivity index (χ4v) is 2.64. The van der Waals surface area contributed by atoms with Gasteiger partial charge in [-0.15, -0.1) is 0 Å². The molecular weight excluding hydrogens is 242 g/mol. The molecule has 0 radical (unpaired) electrons. The number of nitrogens with one attached hydrogen (secondary N) is 1. The van der Waals surface area contributed by atoms with Crippen LogP contribution in [0.15, 0.2) is 6.33 Å². The second-order valence-electron chi connectivity index (χ2n) is 5.21. The van der Waals surface area contributed by atoms with Crippen molar-refractivity contribution in [3.05, 3.63) is 11.9 Å². The predicted octanol–water partition coefficient (Wildman–Crippen LogP) is 2.29. The smallest absolute Gasteiger partial charge is 0.221 e. The summed E-state index contributed by atoms with van der Waals surface area (Å²) < 4.78 is 5.48. The highest BCUT2D eigenvalue weighted by molar-refractivity contribution is 5.49. The molecule has 0 unspecified atom stereocenters. The first-order valence-corrected chi connectivity index (χ1v) is 7.04. The molecule has 1 heterocycles. The molecule has 0 atom stereocenters. The lowest BCUT2D eigenvalue weighted by molar-refractivity contribution is 0.172. The Balaban J connectivity index is 2.19. The van der Waals surface area contributed by atoms with E-state index in [2.05, 4.69) is 15.3 Å². The van der Waals surface area contributed by atoms with Gasteiger partial charge in [0.15, 0.2) is 0 Å². The first-order chi connectivity index (χ1) is 9.21. The van der Waals surface area contributed by atoms with Gasteiger partial charge in [0.25, 0.3) is 0 Å². The van der Waals surface area contributed by atoms with Gasteiger partial charge in [0.2, 0.25) is 5.88 Å². The number of hydrogen-bond donors (Lipinski definition) is 2. The van der Waals surface area contributed by atoms with Gasteiger partial charge < -0.3 is 15.2 Å². The van der Waals surface area contributed by atoms with E-state index in [9.17, 15) is 5.11 Å². The molecule has 0 aliphatic heterocycles. The summed E-state index contributed by atoms with van der Waals surface area (Å²) in [4.78, 5) is 8.43. The molecule has 5 nitrogen and oxygen atoms in total. The van der Waals surface area contributed by atoms with Crippen molar-refractivity contribution in [2.75, 3.05) is 18.5 Å². The monoisotopic (exact) mass is 265 g/mol. The van der Waals surface area contributed by atoms with Crippen molar-refractivity contribution in [2.24, 2.45) is 0 Å². The Kier molecular flexibility index (Phi) is 4.58. The van der Waals surface area contributed by atoms with Gasteiger partial charge in [0.1, 0.15) is 12.1 Å². The minimum atomic E-state index is -0.235. The van der Waals surface area contributed by atoms with Crippen LogP contribution >= 0.6 is 0 Å². The van der Waals surface area contributed by atoms with Gasteiger partial charge in [-0.1, -0.05) is 19.3 Å². The van der Waals surface area contributed by atoms with Crippen LogP contribution in [0.1, 0.15) is 44.6 Å². The van der Waals surface area contributed by atoms with E-state index in [-0.39, 0.29) is 12.1 Å². The topological polar surface area (TPSA) is 67.3 Å². The largest absolute Gasteiger partial charge is 0.478 e. The molecular formula is C14H23N3O2. The summed E-state index contributed by atoms with van der Waals surface area (Å²) >= 11 is 0. The predicted molar refractivity (Wildman–Crippen MR) is 74.5 cm³/mol.